The molecule has 3 unspecified atom stereocenters. The molecule has 2 saturated carbocycles. The fraction of sp³-hybridized carbons (Fsp3) is 0.684. The third-order valence-corrected chi connectivity index (χ3v) is 6.01. The first-order valence-corrected chi connectivity index (χ1v) is 8.73. The van der Waals surface area contributed by atoms with E-state index in [-0.39, 0.29) is 0 Å². The molecule has 0 radical (unpaired) electrons. The molecule has 3 atom stereocenters. The summed E-state index contributed by atoms with van der Waals surface area (Å²) in [6.07, 6.45) is 9.89. The van der Waals surface area contributed by atoms with Crippen LogP contribution in [-0.2, 0) is 12.8 Å². The maximum Gasteiger partial charge on any atom is 0.0354 e. The van der Waals surface area contributed by atoms with Crippen LogP contribution in [0, 0.1) is 17.8 Å². The van der Waals surface area contributed by atoms with Gasteiger partial charge in [0.25, 0.3) is 0 Å². The Labute approximate surface area is 123 Å². The predicted molar refractivity (Wildman–Crippen MR) is 83.8 cm³/mol. The van der Waals surface area contributed by atoms with Gasteiger partial charge in [-0.25, -0.2) is 0 Å². The number of benzene rings is 1. The zero-order valence-corrected chi connectivity index (χ0v) is 12.7. The van der Waals surface area contributed by atoms with Crippen LogP contribution in [0.4, 0.5) is 0 Å². The molecule has 1 aromatic carbocycles. The molecule has 0 amide bonds. The molecule has 108 valence electrons. The van der Waals surface area contributed by atoms with Crippen molar-refractivity contribution in [1.82, 2.24) is 5.32 Å². The molecule has 0 aromatic heterocycles. The average molecular weight is 269 g/mol. The van der Waals surface area contributed by atoms with E-state index in [4.69, 9.17) is 0 Å². The summed E-state index contributed by atoms with van der Waals surface area (Å²) < 4.78 is 0. The van der Waals surface area contributed by atoms with Crippen LogP contribution in [0.2, 0.25) is 0 Å². The Bertz CT molecular complexity index is 481. The van der Waals surface area contributed by atoms with E-state index in [9.17, 15) is 0 Å². The first-order valence-electron chi connectivity index (χ1n) is 8.73. The SMILES string of the molecule is CCNC(c1ccc2c(c1)CCC2)C1C2CCCCC21. The van der Waals surface area contributed by atoms with E-state index in [2.05, 4.69) is 30.4 Å². The van der Waals surface area contributed by atoms with Gasteiger partial charge in [0.15, 0.2) is 0 Å². The molecule has 2 fully saturated rings. The highest BCUT2D eigenvalue weighted by Crippen LogP contribution is 2.60. The molecule has 0 bridgehead atoms. The standard InChI is InChI=1S/C19H27N/c1-2-20-19(18-16-8-3-4-9-17(16)18)15-11-10-13-6-5-7-14(13)12-15/h10-12,16-20H,2-9H2,1H3. The second kappa shape index (κ2) is 5.18. The minimum absolute atomic E-state index is 0.624. The van der Waals surface area contributed by atoms with E-state index < -0.39 is 0 Å². The molecule has 0 spiro atoms. The summed E-state index contributed by atoms with van der Waals surface area (Å²) in [5.41, 5.74) is 4.82. The van der Waals surface area contributed by atoms with Crippen LogP contribution in [-0.4, -0.2) is 6.54 Å². The summed E-state index contributed by atoms with van der Waals surface area (Å²) in [7, 11) is 0. The quantitative estimate of drug-likeness (QED) is 0.861. The Balaban J connectivity index is 1.59. The highest BCUT2D eigenvalue weighted by atomic mass is 14.9. The van der Waals surface area contributed by atoms with E-state index in [1.54, 1.807) is 16.7 Å². The molecule has 1 aromatic rings. The Morgan fingerprint density at radius 2 is 1.80 bits per heavy atom. The van der Waals surface area contributed by atoms with Gasteiger partial charge >= 0.3 is 0 Å². The second-order valence-electron chi connectivity index (χ2n) is 7.11. The normalized spacial score (nSPS) is 32.5. The van der Waals surface area contributed by atoms with Crippen molar-refractivity contribution in [3.8, 4) is 0 Å². The van der Waals surface area contributed by atoms with Crippen LogP contribution in [0.3, 0.4) is 0 Å². The van der Waals surface area contributed by atoms with Gasteiger partial charge in [-0.2, -0.15) is 0 Å². The molecule has 0 aliphatic heterocycles. The summed E-state index contributed by atoms with van der Waals surface area (Å²) in [6.45, 7) is 3.35. The lowest BCUT2D eigenvalue weighted by Crippen LogP contribution is -2.24. The van der Waals surface area contributed by atoms with Crippen molar-refractivity contribution in [3.05, 3.63) is 34.9 Å². The highest BCUT2D eigenvalue weighted by molar-refractivity contribution is 5.37. The van der Waals surface area contributed by atoms with Gasteiger partial charge in [0, 0.05) is 6.04 Å². The van der Waals surface area contributed by atoms with Gasteiger partial charge in [0.2, 0.25) is 0 Å². The third kappa shape index (κ3) is 2.11. The monoisotopic (exact) mass is 269 g/mol. The van der Waals surface area contributed by atoms with Gasteiger partial charge in [-0.1, -0.05) is 38.0 Å². The smallest absolute Gasteiger partial charge is 0.0354 e. The zero-order chi connectivity index (χ0) is 13.5. The fourth-order valence-corrected chi connectivity index (χ4v) is 5.02. The number of hydrogen-bond donors (Lipinski definition) is 1. The molecule has 4 rings (SSSR count). The molecule has 0 saturated heterocycles. The Morgan fingerprint density at radius 1 is 1.05 bits per heavy atom. The molecule has 3 aliphatic carbocycles. The van der Waals surface area contributed by atoms with E-state index in [1.165, 1.54) is 44.9 Å². The number of nitrogens with one attached hydrogen (secondary N) is 1. The van der Waals surface area contributed by atoms with E-state index in [0.717, 1.165) is 24.3 Å². The number of aryl methyl sites for hydroxylation is 2. The summed E-state index contributed by atoms with van der Waals surface area (Å²) >= 11 is 0. The number of hydrogen-bond acceptors (Lipinski definition) is 1. The van der Waals surface area contributed by atoms with Gasteiger partial charge in [0.05, 0.1) is 0 Å². The molecular weight excluding hydrogens is 242 g/mol. The van der Waals surface area contributed by atoms with Crippen molar-refractivity contribution in [2.24, 2.45) is 17.8 Å². The van der Waals surface area contributed by atoms with E-state index in [1.807, 2.05) is 0 Å². The Hall–Kier alpha value is -0.820. The van der Waals surface area contributed by atoms with Crippen molar-refractivity contribution in [3.63, 3.8) is 0 Å². The average Bonchev–Trinajstić information content (AvgIpc) is 3.00. The van der Waals surface area contributed by atoms with Crippen LogP contribution >= 0.6 is 0 Å². The van der Waals surface area contributed by atoms with E-state index in [0.29, 0.717) is 6.04 Å². The topological polar surface area (TPSA) is 12.0 Å². The summed E-state index contributed by atoms with van der Waals surface area (Å²) in [5.74, 6) is 2.99. The van der Waals surface area contributed by atoms with Crippen molar-refractivity contribution in [1.29, 1.82) is 0 Å². The number of rotatable bonds is 4. The van der Waals surface area contributed by atoms with Crippen molar-refractivity contribution < 1.29 is 0 Å². The van der Waals surface area contributed by atoms with Gasteiger partial charge in [-0.3, -0.25) is 0 Å². The summed E-state index contributed by atoms with van der Waals surface area (Å²) in [6, 6.07) is 7.98. The van der Waals surface area contributed by atoms with Crippen LogP contribution in [0.1, 0.15) is 61.8 Å². The number of fused-ring (bicyclic) bond motifs is 2. The van der Waals surface area contributed by atoms with E-state index >= 15 is 0 Å². The maximum absolute atomic E-state index is 3.81. The van der Waals surface area contributed by atoms with Gasteiger partial charge in [-0.05, 0) is 73.1 Å². The molecule has 20 heavy (non-hydrogen) atoms. The summed E-state index contributed by atoms with van der Waals surface area (Å²) in [4.78, 5) is 0. The lowest BCUT2D eigenvalue weighted by molar-refractivity contribution is 0.456. The largest absolute Gasteiger partial charge is 0.310 e. The van der Waals surface area contributed by atoms with Gasteiger partial charge < -0.3 is 5.32 Å². The molecule has 0 heterocycles. The maximum atomic E-state index is 3.81. The Morgan fingerprint density at radius 3 is 2.55 bits per heavy atom. The third-order valence-electron chi connectivity index (χ3n) is 6.01. The minimum Gasteiger partial charge on any atom is -0.310 e. The van der Waals surface area contributed by atoms with Crippen LogP contribution < -0.4 is 5.32 Å². The van der Waals surface area contributed by atoms with Crippen LogP contribution in [0.25, 0.3) is 0 Å². The lowest BCUT2D eigenvalue weighted by atomic mass is 9.96. The molecule has 1 nitrogen and oxygen atoms in total. The lowest BCUT2D eigenvalue weighted by Gasteiger charge is -2.20. The van der Waals surface area contributed by atoms with Crippen LogP contribution in [0.5, 0.6) is 0 Å². The zero-order valence-electron chi connectivity index (χ0n) is 12.7. The molecule has 3 aliphatic rings. The van der Waals surface area contributed by atoms with Gasteiger partial charge in [0.1, 0.15) is 0 Å². The van der Waals surface area contributed by atoms with Gasteiger partial charge in [-0.15, -0.1) is 0 Å². The highest BCUT2D eigenvalue weighted by Gasteiger charge is 2.54. The first kappa shape index (κ1) is 12.9. The second-order valence-corrected chi connectivity index (χ2v) is 7.11. The first-order chi connectivity index (χ1) is 9.88. The molecule has 1 N–H and O–H groups in total. The fourth-order valence-electron chi connectivity index (χ4n) is 5.02. The van der Waals surface area contributed by atoms with Crippen LogP contribution in [0.15, 0.2) is 18.2 Å². The summed E-state index contributed by atoms with van der Waals surface area (Å²) in [5, 5.41) is 3.81. The molecular formula is C19H27N. The van der Waals surface area contributed by atoms with Crippen molar-refractivity contribution in [2.45, 2.75) is 57.9 Å². The predicted octanol–water partition coefficient (Wildman–Crippen LogP) is 4.26. The van der Waals surface area contributed by atoms with Crippen molar-refractivity contribution >= 4 is 0 Å². The Kier molecular flexibility index (Phi) is 3.34. The molecule has 1 heteroatoms. The van der Waals surface area contributed by atoms with Crippen molar-refractivity contribution in [2.75, 3.05) is 6.54 Å². The minimum atomic E-state index is 0.624.